The Balaban J connectivity index is 3.24. The van der Waals surface area contributed by atoms with Gasteiger partial charge in [-0.15, -0.1) is 0 Å². The molecule has 0 heterocycles. The Morgan fingerprint density at radius 2 is 2.25 bits per heavy atom. The van der Waals surface area contributed by atoms with E-state index in [0.29, 0.717) is 0 Å². The van der Waals surface area contributed by atoms with Gasteiger partial charge in [-0.3, -0.25) is 10.1 Å². The summed E-state index contributed by atoms with van der Waals surface area (Å²) in [5, 5.41) is 2.75. The predicted molar refractivity (Wildman–Crippen MR) is 30.3 cm³/mol. The molecule has 8 heavy (non-hydrogen) atoms. The van der Waals surface area contributed by atoms with Crippen molar-refractivity contribution >= 4 is 5.97 Å². The average Bonchev–Trinajstić information content (AvgIpc) is 1.65. The van der Waals surface area contributed by atoms with Crippen LogP contribution in [-0.2, 0) is 9.53 Å². The van der Waals surface area contributed by atoms with Crippen LogP contribution in [0.2, 0.25) is 0 Å². The molecule has 48 valence electrons. The van der Waals surface area contributed by atoms with Crippen LogP contribution < -0.4 is 5.32 Å². The summed E-state index contributed by atoms with van der Waals surface area (Å²) in [5.41, 5.74) is 0. The van der Waals surface area contributed by atoms with E-state index < -0.39 is 0 Å². The molecule has 0 bridgehead atoms. The van der Waals surface area contributed by atoms with Gasteiger partial charge in [0.15, 0.2) is 0 Å². The minimum atomic E-state index is -0.258. The van der Waals surface area contributed by atoms with Gasteiger partial charge in [-0.25, -0.2) is 0 Å². The second-order valence-corrected chi connectivity index (χ2v) is 1.54. The summed E-state index contributed by atoms with van der Waals surface area (Å²) in [6.45, 7) is 3.15. The van der Waals surface area contributed by atoms with E-state index in [0.717, 1.165) is 0 Å². The fourth-order valence-electron chi connectivity index (χ4n) is 0.308. The smallest absolute Gasteiger partial charge is 0.304 e. The zero-order chi connectivity index (χ0) is 6.57. The van der Waals surface area contributed by atoms with Crippen molar-refractivity contribution in [3.05, 3.63) is 0 Å². The van der Waals surface area contributed by atoms with Crippen LogP contribution in [0.25, 0.3) is 0 Å². The molecule has 1 N–H and O–H groups in total. The number of nitrogens with one attached hydrogen (secondary N) is 1. The summed E-state index contributed by atoms with van der Waals surface area (Å²) in [4.78, 5) is 10.2. The normalized spacial score (nSPS) is 12.9. The molecule has 1 unspecified atom stereocenters. The van der Waals surface area contributed by atoms with Crippen molar-refractivity contribution in [1.29, 1.82) is 0 Å². The maximum atomic E-state index is 10.2. The van der Waals surface area contributed by atoms with E-state index in [1.165, 1.54) is 6.92 Å². The SMILES string of the molecule is CNC(C)OC(C)=O. The molecule has 0 spiro atoms. The van der Waals surface area contributed by atoms with Crippen molar-refractivity contribution in [2.75, 3.05) is 7.05 Å². The number of carbonyl (C=O) groups is 1. The molecule has 0 saturated heterocycles. The van der Waals surface area contributed by atoms with Gasteiger partial charge in [0.05, 0.1) is 0 Å². The second-order valence-electron chi connectivity index (χ2n) is 1.54. The lowest BCUT2D eigenvalue weighted by molar-refractivity contribution is -0.146. The predicted octanol–water partition coefficient (Wildman–Crippen LogP) is 0.115. The third-order valence-electron chi connectivity index (χ3n) is 0.749. The highest BCUT2D eigenvalue weighted by Gasteiger charge is 1.97. The molecule has 0 aromatic carbocycles. The second kappa shape index (κ2) is 3.43. The largest absolute Gasteiger partial charge is 0.447 e. The van der Waals surface area contributed by atoms with Gasteiger partial charge >= 0.3 is 5.97 Å². The maximum absolute atomic E-state index is 10.2. The van der Waals surface area contributed by atoms with E-state index in [9.17, 15) is 4.79 Å². The fraction of sp³-hybridized carbons (Fsp3) is 0.800. The Morgan fingerprint density at radius 1 is 1.75 bits per heavy atom. The lowest BCUT2D eigenvalue weighted by atomic mass is 10.6. The van der Waals surface area contributed by atoms with Gasteiger partial charge < -0.3 is 4.74 Å². The number of rotatable bonds is 2. The number of ether oxygens (including phenoxy) is 1. The van der Waals surface area contributed by atoms with Crippen molar-refractivity contribution in [1.82, 2.24) is 5.32 Å². The average molecular weight is 117 g/mol. The molecule has 0 aliphatic carbocycles. The van der Waals surface area contributed by atoms with Crippen molar-refractivity contribution in [2.24, 2.45) is 0 Å². The summed E-state index contributed by atoms with van der Waals surface area (Å²) in [6, 6.07) is 0. The van der Waals surface area contributed by atoms with Crippen LogP contribution in [0.1, 0.15) is 13.8 Å². The first kappa shape index (κ1) is 7.43. The summed E-state index contributed by atoms with van der Waals surface area (Å²) in [5.74, 6) is -0.258. The molecule has 0 aliphatic rings. The molecule has 0 aromatic rings. The summed E-state index contributed by atoms with van der Waals surface area (Å²) >= 11 is 0. The standard InChI is InChI=1S/C5H11NO2/c1-4(6-3)8-5(2)7/h4,6H,1-3H3. The van der Waals surface area contributed by atoms with Gasteiger partial charge in [0.25, 0.3) is 0 Å². The zero-order valence-corrected chi connectivity index (χ0v) is 5.39. The van der Waals surface area contributed by atoms with Gasteiger partial charge in [0.2, 0.25) is 0 Å². The van der Waals surface area contributed by atoms with Crippen molar-refractivity contribution in [3.8, 4) is 0 Å². The van der Waals surface area contributed by atoms with Gasteiger partial charge in [0, 0.05) is 6.92 Å². The first-order valence-electron chi connectivity index (χ1n) is 2.51. The van der Waals surface area contributed by atoms with Crippen LogP contribution in [0.4, 0.5) is 0 Å². The topological polar surface area (TPSA) is 38.3 Å². The summed E-state index contributed by atoms with van der Waals surface area (Å²) in [6.07, 6.45) is -0.174. The molecule has 0 fully saturated rings. The minimum absolute atomic E-state index is 0.174. The van der Waals surface area contributed by atoms with Crippen molar-refractivity contribution < 1.29 is 9.53 Å². The van der Waals surface area contributed by atoms with Crippen LogP contribution in [0.5, 0.6) is 0 Å². The third-order valence-corrected chi connectivity index (χ3v) is 0.749. The molecular weight excluding hydrogens is 106 g/mol. The molecule has 3 heteroatoms. The lowest BCUT2D eigenvalue weighted by Crippen LogP contribution is -2.26. The Morgan fingerprint density at radius 3 is 2.38 bits per heavy atom. The van der Waals surface area contributed by atoms with Crippen LogP contribution >= 0.6 is 0 Å². The first-order valence-corrected chi connectivity index (χ1v) is 2.51. The zero-order valence-electron chi connectivity index (χ0n) is 5.39. The molecular formula is C5H11NO2. The molecule has 0 aromatic heterocycles. The van der Waals surface area contributed by atoms with Gasteiger partial charge in [-0.05, 0) is 14.0 Å². The Hall–Kier alpha value is -0.570. The van der Waals surface area contributed by atoms with Crippen LogP contribution in [-0.4, -0.2) is 19.2 Å². The number of esters is 1. The number of hydrogen-bond donors (Lipinski definition) is 1. The summed E-state index contributed by atoms with van der Waals surface area (Å²) < 4.78 is 4.65. The summed E-state index contributed by atoms with van der Waals surface area (Å²) in [7, 11) is 1.73. The Bertz CT molecular complexity index is 82.5. The van der Waals surface area contributed by atoms with Crippen LogP contribution in [0.15, 0.2) is 0 Å². The van der Waals surface area contributed by atoms with E-state index in [-0.39, 0.29) is 12.2 Å². The lowest BCUT2D eigenvalue weighted by Gasteiger charge is -2.08. The highest BCUT2D eigenvalue weighted by atomic mass is 16.6. The molecule has 0 amide bonds. The Labute approximate surface area is 49.0 Å². The highest BCUT2D eigenvalue weighted by Crippen LogP contribution is 1.82. The van der Waals surface area contributed by atoms with E-state index >= 15 is 0 Å². The molecule has 0 saturated carbocycles. The van der Waals surface area contributed by atoms with Crippen LogP contribution in [0.3, 0.4) is 0 Å². The number of hydrogen-bond acceptors (Lipinski definition) is 3. The molecule has 0 rings (SSSR count). The molecule has 0 aliphatic heterocycles. The maximum Gasteiger partial charge on any atom is 0.304 e. The first-order chi connectivity index (χ1) is 3.66. The minimum Gasteiger partial charge on any atom is -0.447 e. The fourth-order valence-corrected chi connectivity index (χ4v) is 0.308. The van der Waals surface area contributed by atoms with E-state index in [4.69, 9.17) is 0 Å². The van der Waals surface area contributed by atoms with E-state index in [1.807, 2.05) is 0 Å². The number of carbonyl (C=O) groups excluding carboxylic acids is 1. The Kier molecular flexibility index (Phi) is 3.19. The molecule has 0 radical (unpaired) electrons. The quantitative estimate of drug-likeness (QED) is 0.412. The van der Waals surface area contributed by atoms with Crippen molar-refractivity contribution in [3.63, 3.8) is 0 Å². The molecule has 1 atom stereocenters. The third kappa shape index (κ3) is 3.61. The van der Waals surface area contributed by atoms with E-state index in [1.54, 1.807) is 14.0 Å². The van der Waals surface area contributed by atoms with Gasteiger partial charge in [-0.1, -0.05) is 0 Å². The van der Waals surface area contributed by atoms with Gasteiger partial charge in [0.1, 0.15) is 6.23 Å². The van der Waals surface area contributed by atoms with E-state index in [2.05, 4.69) is 10.1 Å². The van der Waals surface area contributed by atoms with Crippen molar-refractivity contribution in [2.45, 2.75) is 20.1 Å². The van der Waals surface area contributed by atoms with Gasteiger partial charge in [-0.2, -0.15) is 0 Å². The monoisotopic (exact) mass is 117 g/mol. The highest BCUT2D eigenvalue weighted by molar-refractivity contribution is 5.66. The van der Waals surface area contributed by atoms with Crippen LogP contribution in [0, 0.1) is 0 Å². The molecule has 3 nitrogen and oxygen atoms in total.